The minimum atomic E-state index is -0.262. The highest BCUT2D eigenvalue weighted by Gasteiger charge is 2.16. The summed E-state index contributed by atoms with van der Waals surface area (Å²) < 4.78 is 0.880. The molecule has 3 rings (SSSR count). The van der Waals surface area contributed by atoms with Crippen molar-refractivity contribution >= 4 is 45.7 Å². The van der Waals surface area contributed by atoms with Crippen LogP contribution in [0.5, 0.6) is 0 Å². The van der Waals surface area contributed by atoms with Crippen LogP contribution in [0, 0.1) is 6.92 Å². The van der Waals surface area contributed by atoms with Crippen molar-refractivity contribution in [3.05, 3.63) is 39.8 Å². The number of aromatic amines is 2. The van der Waals surface area contributed by atoms with Crippen molar-refractivity contribution in [2.45, 2.75) is 23.4 Å². The van der Waals surface area contributed by atoms with E-state index in [-0.39, 0.29) is 16.8 Å². The molecule has 6 nitrogen and oxygen atoms in total. The minimum Gasteiger partial charge on any atom is -0.325 e. The van der Waals surface area contributed by atoms with E-state index in [1.807, 2.05) is 19.2 Å². The van der Waals surface area contributed by atoms with Crippen molar-refractivity contribution in [1.29, 1.82) is 0 Å². The summed E-state index contributed by atoms with van der Waals surface area (Å²) in [6.07, 6.45) is 0. The summed E-state index contributed by atoms with van der Waals surface area (Å²) in [4.78, 5) is 33.1. The maximum atomic E-state index is 12.2. The average Bonchev–Trinajstić information content (AvgIpc) is 3.03. The molecule has 0 radical (unpaired) electrons. The van der Waals surface area contributed by atoms with Crippen molar-refractivity contribution in [2.75, 3.05) is 5.32 Å². The van der Waals surface area contributed by atoms with E-state index in [2.05, 4.69) is 20.3 Å². The van der Waals surface area contributed by atoms with Crippen LogP contribution in [-0.2, 0) is 4.79 Å². The largest absolute Gasteiger partial charge is 0.325 e. The molecule has 22 heavy (non-hydrogen) atoms. The van der Waals surface area contributed by atoms with Crippen LogP contribution in [0.25, 0.3) is 11.0 Å². The van der Waals surface area contributed by atoms with E-state index in [0.717, 1.165) is 10.0 Å². The first-order valence-electron chi connectivity index (χ1n) is 6.63. The van der Waals surface area contributed by atoms with Gasteiger partial charge in [0.05, 0.1) is 16.3 Å². The molecule has 2 aromatic heterocycles. The first-order valence-corrected chi connectivity index (χ1v) is 8.39. The zero-order valence-electron chi connectivity index (χ0n) is 12.0. The van der Waals surface area contributed by atoms with Gasteiger partial charge in [0, 0.05) is 16.8 Å². The Morgan fingerprint density at radius 3 is 2.86 bits per heavy atom. The number of rotatable bonds is 4. The third-order valence-electron chi connectivity index (χ3n) is 3.03. The highest BCUT2D eigenvalue weighted by molar-refractivity contribution is 8.02. The first-order chi connectivity index (χ1) is 10.5. The number of thioether (sulfide) groups is 1. The summed E-state index contributed by atoms with van der Waals surface area (Å²) in [7, 11) is 0. The molecule has 0 fully saturated rings. The molecule has 1 atom stereocenters. The van der Waals surface area contributed by atoms with Gasteiger partial charge in [-0.3, -0.25) is 4.79 Å². The Bertz CT molecular complexity index is 880. The Morgan fingerprint density at radius 2 is 2.14 bits per heavy atom. The van der Waals surface area contributed by atoms with Gasteiger partial charge in [0.15, 0.2) is 4.34 Å². The van der Waals surface area contributed by atoms with E-state index < -0.39 is 0 Å². The molecule has 1 amide bonds. The molecular formula is C14H14N4O2S2. The van der Waals surface area contributed by atoms with Crippen molar-refractivity contribution < 1.29 is 4.79 Å². The number of carbonyl (C=O) groups is 1. The lowest BCUT2D eigenvalue weighted by Crippen LogP contribution is -2.22. The number of carbonyl (C=O) groups excluding carboxylic acids is 1. The van der Waals surface area contributed by atoms with Gasteiger partial charge < -0.3 is 15.3 Å². The van der Waals surface area contributed by atoms with E-state index in [1.165, 1.54) is 23.1 Å². The lowest BCUT2D eigenvalue weighted by Gasteiger charge is -2.10. The molecule has 3 N–H and O–H groups in total. The minimum absolute atomic E-state index is 0.102. The van der Waals surface area contributed by atoms with Crippen LogP contribution in [-0.4, -0.2) is 26.1 Å². The van der Waals surface area contributed by atoms with E-state index in [9.17, 15) is 9.59 Å². The smallest absolute Gasteiger partial charge is 0.323 e. The number of fused-ring (bicyclic) bond motifs is 1. The zero-order valence-corrected chi connectivity index (χ0v) is 13.6. The number of amides is 1. The molecular weight excluding hydrogens is 320 g/mol. The number of imidazole rings is 1. The van der Waals surface area contributed by atoms with Gasteiger partial charge in [-0.25, -0.2) is 9.78 Å². The van der Waals surface area contributed by atoms with Crippen LogP contribution in [0.4, 0.5) is 5.69 Å². The Morgan fingerprint density at radius 1 is 1.36 bits per heavy atom. The van der Waals surface area contributed by atoms with Crippen LogP contribution in [0.15, 0.2) is 32.7 Å². The summed E-state index contributed by atoms with van der Waals surface area (Å²) in [5.41, 5.74) is 2.72. The second kappa shape index (κ2) is 5.98. The highest BCUT2D eigenvalue weighted by Crippen LogP contribution is 2.27. The SMILES string of the molecule is Cc1csc(S[C@@H](C)C(=O)Nc2ccc3[nH]c(=O)[nH]c3c2)n1. The molecule has 2 heterocycles. The Kier molecular flexibility index (Phi) is 4.04. The number of thiazole rings is 1. The van der Waals surface area contributed by atoms with Gasteiger partial charge >= 0.3 is 5.69 Å². The molecule has 8 heteroatoms. The zero-order chi connectivity index (χ0) is 15.7. The molecule has 0 saturated heterocycles. The van der Waals surface area contributed by atoms with Gasteiger partial charge in [0.1, 0.15) is 0 Å². The summed E-state index contributed by atoms with van der Waals surface area (Å²) in [5, 5.41) is 4.55. The van der Waals surface area contributed by atoms with E-state index >= 15 is 0 Å². The molecule has 0 aliphatic heterocycles. The molecule has 0 unspecified atom stereocenters. The van der Waals surface area contributed by atoms with Gasteiger partial charge in [-0.2, -0.15) is 0 Å². The normalized spacial score (nSPS) is 12.5. The van der Waals surface area contributed by atoms with E-state index in [1.54, 1.807) is 18.2 Å². The highest BCUT2D eigenvalue weighted by atomic mass is 32.2. The second-order valence-electron chi connectivity index (χ2n) is 4.84. The summed E-state index contributed by atoms with van der Waals surface area (Å²) >= 11 is 2.97. The lowest BCUT2D eigenvalue weighted by molar-refractivity contribution is -0.115. The number of nitrogens with one attached hydrogen (secondary N) is 3. The van der Waals surface area contributed by atoms with Gasteiger partial charge in [0.2, 0.25) is 5.91 Å². The fraction of sp³-hybridized carbons (Fsp3) is 0.214. The van der Waals surface area contributed by atoms with Crippen LogP contribution in [0.3, 0.4) is 0 Å². The Labute approximate surface area is 134 Å². The van der Waals surface area contributed by atoms with Crippen molar-refractivity contribution in [3.63, 3.8) is 0 Å². The van der Waals surface area contributed by atoms with Gasteiger partial charge in [-0.1, -0.05) is 11.8 Å². The van der Waals surface area contributed by atoms with E-state index in [4.69, 9.17) is 0 Å². The van der Waals surface area contributed by atoms with Crippen molar-refractivity contribution in [1.82, 2.24) is 15.0 Å². The van der Waals surface area contributed by atoms with Crippen molar-refractivity contribution in [2.24, 2.45) is 0 Å². The fourth-order valence-corrected chi connectivity index (χ4v) is 3.93. The number of aromatic nitrogens is 3. The summed E-state index contributed by atoms with van der Waals surface area (Å²) in [5.74, 6) is -0.102. The fourth-order valence-electron chi connectivity index (χ4n) is 1.95. The van der Waals surface area contributed by atoms with Gasteiger partial charge in [-0.05, 0) is 32.0 Å². The standard InChI is InChI=1S/C14H14N4O2S2/c1-7-6-21-14(15-7)22-8(2)12(19)16-9-3-4-10-11(5-9)18-13(20)17-10/h3-6,8H,1-2H3,(H,16,19)(H2,17,18,20)/t8-/m0/s1. The molecule has 3 aromatic rings. The molecule has 114 valence electrons. The van der Waals surface area contributed by atoms with Crippen LogP contribution < -0.4 is 11.0 Å². The van der Waals surface area contributed by atoms with Crippen molar-refractivity contribution in [3.8, 4) is 0 Å². The quantitative estimate of drug-likeness (QED) is 0.640. The third kappa shape index (κ3) is 3.23. The monoisotopic (exact) mass is 334 g/mol. The van der Waals surface area contributed by atoms with Crippen LogP contribution >= 0.6 is 23.1 Å². The van der Waals surface area contributed by atoms with Gasteiger partial charge in [-0.15, -0.1) is 11.3 Å². The average molecular weight is 334 g/mol. The number of hydrogen-bond acceptors (Lipinski definition) is 5. The van der Waals surface area contributed by atoms with Crippen LogP contribution in [0.2, 0.25) is 0 Å². The first kappa shape index (κ1) is 14.9. The maximum absolute atomic E-state index is 12.2. The summed E-state index contributed by atoms with van der Waals surface area (Å²) in [6, 6.07) is 5.25. The molecule has 0 aliphatic rings. The number of benzene rings is 1. The predicted octanol–water partition coefficient (Wildman–Crippen LogP) is 2.74. The Hall–Kier alpha value is -2.06. The number of anilines is 1. The van der Waals surface area contributed by atoms with Gasteiger partial charge in [0.25, 0.3) is 0 Å². The van der Waals surface area contributed by atoms with Crippen LogP contribution in [0.1, 0.15) is 12.6 Å². The molecule has 0 aliphatic carbocycles. The number of nitrogens with zero attached hydrogens (tertiary/aromatic N) is 1. The number of aryl methyl sites for hydroxylation is 1. The number of H-pyrrole nitrogens is 2. The molecule has 1 aromatic carbocycles. The molecule has 0 bridgehead atoms. The predicted molar refractivity (Wildman–Crippen MR) is 89.7 cm³/mol. The summed E-state index contributed by atoms with van der Waals surface area (Å²) in [6.45, 7) is 3.77. The maximum Gasteiger partial charge on any atom is 0.323 e. The molecule has 0 saturated carbocycles. The molecule has 0 spiro atoms. The third-order valence-corrected chi connectivity index (χ3v) is 5.22. The second-order valence-corrected chi connectivity index (χ2v) is 7.29. The Balaban J connectivity index is 1.70. The van der Waals surface area contributed by atoms with E-state index in [0.29, 0.717) is 16.7 Å². The lowest BCUT2D eigenvalue weighted by atomic mass is 10.2. The number of hydrogen-bond donors (Lipinski definition) is 3. The topological polar surface area (TPSA) is 90.6 Å².